The van der Waals surface area contributed by atoms with Crippen LogP contribution in [0.25, 0.3) is 0 Å². The van der Waals surface area contributed by atoms with Crippen LogP contribution in [-0.2, 0) is 16.0 Å². The van der Waals surface area contributed by atoms with Gasteiger partial charge in [-0.25, -0.2) is 9.69 Å². The fraction of sp³-hybridized carbons (Fsp3) is 0.375. The number of rotatable bonds is 8. The van der Waals surface area contributed by atoms with Crippen LogP contribution in [0.2, 0.25) is 0 Å². The molecule has 0 saturated carbocycles. The molecule has 0 unspecified atom stereocenters. The minimum Gasteiger partial charge on any atom is -0.481 e. The van der Waals surface area contributed by atoms with Gasteiger partial charge in [0, 0.05) is 0 Å². The van der Waals surface area contributed by atoms with Gasteiger partial charge in [0.15, 0.2) is 6.23 Å². The number of carbonyl (C=O) groups excluding carboxylic acids is 2. The van der Waals surface area contributed by atoms with E-state index in [-0.39, 0.29) is 18.4 Å². The predicted octanol–water partition coefficient (Wildman–Crippen LogP) is 4.14. The number of ether oxygens (including phenoxy) is 1. The Morgan fingerprint density at radius 1 is 1.13 bits per heavy atom. The maximum Gasteiger partial charge on any atom is 0.327 e. The highest BCUT2D eigenvalue weighted by Crippen LogP contribution is 2.43. The Hall–Kier alpha value is -3.35. The molecule has 0 aromatic heterocycles. The third-order valence-corrected chi connectivity index (χ3v) is 5.87. The molecule has 31 heavy (non-hydrogen) atoms. The first-order valence-corrected chi connectivity index (χ1v) is 10.5. The highest BCUT2D eigenvalue weighted by atomic mass is 16.5. The number of carbonyl (C=O) groups is 3. The lowest BCUT2D eigenvalue weighted by Crippen LogP contribution is -2.72. The predicted molar refractivity (Wildman–Crippen MR) is 115 cm³/mol. The van der Waals surface area contributed by atoms with Crippen molar-refractivity contribution in [2.24, 2.45) is 5.41 Å². The Balaban J connectivity index is 1.76. The zero-order chi connectivity index (χ0) is 22.6. The third-order valence-electron chi connectivity index (χ3n) is 5.87. The van der Waals surface area contributed by atoms with Gasteiger partial charge >= 0.3 is 12.0 Å². The van der Waals surface area contributed by atoms with Gasteiger partial charge in [0.2, 0.25) is 5.91 Å². The van der Waals surface area contributed by atoms with Crippen LogP contribution in [-0.4, -0.2) is 34.1 Å². The summed E-state index contributed by atoms with van der Waals surface area (Å²) in [5, 5.41) is 11.9. The van der Waals surface area contributed by atoms with E-state index in [1.807, 2.05) is 44.2 Å². The number of hydrogen-bond donors (Lipinski definition) is 2. The number of amides is 3. The van der Waals surface area contributed by atoms with Crippen molar-refractivity contribution in [3.8, 4) is 5.75 Å². The van der Waals surface area contributed by atoms with Crippen molar-refractivity contribution >= 4 is 17.9 Å². The van der Waals surface area contributed by atoms with Gasteiger partial charge in [-0.3, -0.25) is 9.59 Å². The highest BCUT2D eigenvalue weighted by molar-refractivity contribution is 6.03. The standard InChI is InChI=1S/C24H28N2O5/c1-4-19(17-9-7-6-8-10-17)25-23(30)26-21(29)24(3,5-2)22(26)31-18-13-11-16(12-14-18)15-20(27)28/h6-14,19,22H,4-5,15H2,1-3H3,(H,25,30)(H,27,28)/t19-,22+,24+/m1/s1. The van der Waals surface area contributed by atoms with Crippen molar-refractivity contribution < 1.29 is 24.2 Å². The zero-order valence-corrected chi connectivity index (χ0v) is 18.0. The first kappa shape index (κ1) is 22.3. The Labute approximate surface area is 182 Å². The summed E-state index contributed by atoms with van der Waals surface area (Å²) in [5.41, 5.74) is 0.799. The summed E-state index contributed by atoms with van der Waals surface area (Å²) in [6.45, 7) is 5.65. The molecule has 1 fully saturated rings. The van der Waals surface area contributed by atoms with E-state index in [2.05, 4.69) is 5.32 Å². The van der Waals surface area contributed by atoms with E-state index in [9.17, 15) is 14.4 Å². The molecule has 0 bridgehead atoms. The molecule has 2 N–H and O–H groups in total. The topological polar surface area (TPSA) is 95.9 Å². The Morgan fingerprint density at radius 2 is 1.77 bits per heavy atom. The normalized spacial score (nSPS) is 21.2. The summed E-state index contributed by atoms with van der Waals surface area (Å²) in [6.07, 6.45) is 0.372. The van der Waals surface area contributed by atoms with Crippen LogP contribution < -0.4 is 10.1 Å². The van der Waals surface area contributed by atoms with Gasteiger partial charge in [0.1, 0.15) is 11.2 Å². The molecule has 7 nitrogen and oxygen atoms in total. The van der Waals surface area contributed by atoms with E-state index >= 15 is 0 Å². The van der Waals surface area contributed by atoms with Crippen molar-refractivity contribution in [1.82, 2.24) is 10.2 Å². The fourth-order valence-corrected chi connectivity index (χ4v) is 3.73. The van der Waals surface area contributed by atoms with Gasteiger partial charge in [-0.2, -0.15) is 0 Å². The minimum absolute atomic E-state index is 0.0821. The van der Waals surface area contributed by atoms with Gasteiger partial charge in [0.25, 0.3) is 0 Å². The first-order chi connectivity index (χ1) is 14.8. The highest BCUT2D eigenvalue weighted by Gasteiger charge is 2.61. The molecular formula is C24H28N2O5. The lowest BCUT2D eigenvalue weighted by Gasteiger charge is -2.51. The van der Waals surface area contributed by atoms with Crippen LogP contribution in [0.4, 0.5) is 4.79 Å². The van der Waals surface area contributed by atoms with Crippen LogP contribution >= 0.6 is 0 Å². The number of urea groups is 1. The van der Waals surface area contributed by atoms with Crippen LogP contribution in [0.3, 0.4) is 0 Å². The molecule has 3 atom stereocenters. The van der Waals surface area contributed by atoms with Crippen molar-refractivity contribution in [3.63, 3.8) is 0 Å². The van der Waals surface area contributed by atoms with Crippen molar-refractivity contribution in [2.45, 2.75) is 52.3 Å². The van der Waals surface area contributed by atoms with Crippen LogP contribution in [0, 0.1) is 5.41 Å². The van der Waals surface area contributed by atoms with E-state index in [1.54, 1.807) is 31.2 Å². The monoisotopic (exact) mass is 424 g/mol. The number of nitrogens with one attached hydrogen (secondary N) is 1. The Kier molecular flexibility index (Phi) is 6.63. The molecule has 0 radical (unpaired) electrons. The molecule has 2 aromatic carbocycles. The number of carboxylic acid groups (broad SMARTS) is 1. The number of nitrogens with zero attached hydrogens (tertiary/aromatic N) is 1. The Morgan fingerprint density at radius 3 is 2.32 bits per heavy atom. The lowest BCUT2D eigenvalue weighted by molar-refractivity contribution is -0.186. The number of imide groups is 1. The maximum atomic E-state index is 13.0. The summed E-state index contributed by atoms with van der Waals surface area (Å²) < 4.78 is 6.04. The molecular weight excluding hydrogens is 396 g/mol. The molecule has 3 rings (SSSR count). The van der Waals surface area contributed by atoms with Crippen molar-refractivity contribution in [2.75, 3.05) is 0 Å². The average Bonchev–Trinajstić information content (AvgIpc) is 2.77. The van der Waals surface area contributed by atoms with Crippen molar-refractivity contribution in [3.05, 3.63) is 65.7 Å². The molecule has 7 heteroatoms. The van der Waals surface area contributed by atoms with Gasteiger partial charge in [0.05, 0.1) is 12.5 Å². The molecule has 0 spiro atoms. The molecule has 3 amide bonds. The second kappa shape index (κ2) is 9.20. The Bertz CT molecular complexity index is 944. The molecule has 1 saturated heterocycles. The number of benzene rings is 2. The smallest absolute Gasteiger partial charge is 0.327 e. The van der Waals surface area contributed by atoms with Gasteiger partial charge in [-0.1, -0.05) is 56.3 Å². The summed E-state index contributed by atoms with van der Waals surface area (Å²) in [6, 6.07) is 15.6. The second-order valence-corrected chi connectivity index (χ2v) is 7.95. The van der Waals surface area contributed by atoms with Gasteiger partial charge < -0.3 is 15.2 Å². The van der Waals surface area contributed by atoms with Crippen LogP contribution in [0.15, 0.2) is 54.6 Å². The van der Waals surface area contributed by atoms with E-state index in [1.165, 1.54) is 0 Å². The fourth-order valence-electron chi connectivity index (χ4n) is 3.73. The zero-order valence-electron chi connectivity index (χ0n) is 18.0. The largest absolute Gasteiger partial charge is 0.481 e. The number of likely N-dealkylation sites (tertiary alicyclic amines) is 1. The lowest BCUT2D eigenvalue weighted by atomic mass is 9.76. The number of aliphatic carboxylic acids is 1. The summed E-state index contributed by atoms with van der Waals surface area (Å²) in [5.74, 6) is -0.717. The van der Waals surface area contributed by atoms with Crippen molar-refractivity contribution in [1.29, 1.82) is 0 Å². The van der Waals surface area contributed by atoms with Gasteiger partial charge in [-0.05, 0) is 43.0 Å². The average molecular weight is 424 g/mol. The first-order valence-electron chi connectivity index (χ1n) is 10.5. The number of β-lactam (4-membered cyclic amide) rings is 1. The second-order valence-electron chi connectivity index (χ2n) is 7.95. The van der Waals surface area contributed by atoms with E-state index in [4.69, 9.17) is 9.84 Å². The molecule has 2 aromatic rings. The summed E-state index contributed by atoms with van der Waals surface area (Å²) in [7, 11) is 0. The SMILES string of the molecule is CC[C@@H](NC(=O)N1C(=O)[C@](C)(CC)[C@@H]1Oc1ccc(CC(=O)O)cc1)c1ccccc1. The summed E-state index contributed by atoms with van der Waals surface area (Å²) in [4.78, 5) is 37.9. The third kappa shape index (κ3) is 4.55. The minimum atomic E-state index is -0.913. The van der Waals surface area contributed by atoms with Crippen LogP contribution in [0.1, 0.15) is 50.8 Å². The molecule has 1 aliphatic heterocycles. The van der Waals surface area contributed by atoms with E-state index < -0.39 is 23.6 Å². The van der Waals surface area contributed by atoms with E-state index in [0.29, 0.717) is 24.2 Å². The number of carboxylic acids is 1. The molecule has 164 valence electrons. The number of hydrogen-bond acceptors (Lipinski definition) is 4. The van der Waals surface area contributed by atoms with Gasteiger partial charge in [-0.15, -0.1) is 0 Å². The molecule has 1 heterocycles. The quantitative estimate of drug-likeness (QED) is 0.621. The molecule has 1 aliphatic rings. The van der Waals surface area contributed by atoms with Crippen LogP contribution in [0.5, 0.6) is 5.75 Å². The summed E-state index contributed by atoms with van der Waals surface area (Å²) >= 11 is 0. The van der Waals surface area contributed by atoms with E-state index in [0.717, 1.165) is 10.5 Å². The molecule has 0 aliphatic carbocycles. The maximum absolute atomic E-state index is 13.0.